The minimum absolute atomic E-state index is 0.251. The van der Waals surface area contributed by atoms with Crippen LogP contribution in [0.2, 0.25) is 0 Å². The highest BCUT2D eigenvalue weighted by Gasteiger charge is 2.17. The molecule has 35 heavy (non-hydrogen) atoms. The number of amides is 1. The van der Waals surface area contributed by atoms with Gasteiger partial charge in [0.15, 0.2) is 0 Å². The van der Waals surface area contributed by atoms with Gasteiger partial charge in [0.25, 0.3) is 5.91 Å². The molecule has 1 saturated heterocycles. The Kier molecular flexibility index (Phi) is 5.81. The zero-order valence-electron chi connectivity index (χ0n) is 19.1. The highest BCUT2D eigenvalue weighted by Crippen LogP contribution is 2.34. The molecule has 2 N–H and O–H groups in total. The van der Waals surface area contributed by atoms with E-state index in [1.807, 2.05) is 60.8 Å². The number of anilines is 1. The zero-order chi connectivity index (χ0) is 23.6. The fourth-order valence-corrected chi connectivity index (χ4v) is 5.36. The van der Waals surface area contributed by atoms with E-state index in [2.05, 4.69) is 31.5 Å². The maximum absolute atomic E-state index is 13.0. The predicted molar refractivity (Wildman–Crippen MR) is 139 cm³/mol. The summed E-state index contributed by atoms with van der Waals surface area (Å²) in [5.41, 5.74) is 5.73. The van der Waals surface area contributed by atoms with Crippen molar-refractivity contribution in [3.63, 3.8) is 0 Å². The van der Waals surface area contributed by atoms with E-state index in [-0.39, 0.29) is 5.91 Å². The number of hydrogen-bond acceptors (Lipinski definition) is 6. The van der Waals surface area contributed by atoms with Gasteiger partial charge in [0, 0.05) is 23.9 Å². The summed E-state index contributed by atoms with van der Waals surface area (Å²) in [4.78, 5) is 25.9. The Balaban J connectivity index is 1.24. The molecule has 3 aromatic heterocycles. The Bertz CT molecular complexity index is 1490. The van der Waals surface area contributed by atoms with Crippen molar-refractivity contribution in [2.75, 3.05) is 18.4 Å². The van der Waals surface area contributed by atoms with Gasteiger partial charge in [-0.2, -0.15) is 5.10 Å². The number of aromatic nitrogens is 4. The quantitative estimate of drug-likeness (QED) is 0.331. The van der Waals surface area contributed by atoms with Crippen LogP contribution in [-0.2, 0) is 6.54 Å². The number of aromatic amines is 1. The van der Waals surface area contributed by atoms with Gasteiger partial charge in [-0.05, 0) is 55.8 Å². The number of nitrogens with zero attached hydrogens (tertiary/aromatic N) is 4. The molecule has 0 bridgehead atoms. The first-order valence-electron chi connectivity index (χ1n) is 11.7. The van der Waals surface area contributed by atoms with Crippen LogP contribution in [0, 0.1) is 0 Å². The summed E-state index contributed by atoms with van der Waals surface area (Å²) in [5, 5.41) is 11.0. The van der Waals surface area contributed by atoms with Gasteiger partial charge in [-0.1, -0.05) is 53.8 Å². The van der Waals surface area contributed by atoms with E-state index < -0.39 is 0 Å². The molecular formula is C27H24N6OS. The summed E-state index contributed by atoms with van der Waals surface area (Å²) in [7, 11) is 0. The number of benzene rings is 2. The third kappa shape index (κ3) is 4.58. The highest BCUT2D eigenvalue weighted by molar-refractivity contribution is 7.21. The first-order valence-corrected chi connectivity index (χ1v) is 12.5. The summed E-state index contributed by atoms with van der Waals surface area (Å²) in [6.07, 6.45) is 4.50. The molecule has 4 heterocycles. The van der Waals surface area contributed by atoms with Crippen LogP contribution in [0.1, 0.15) is 28.9 Å². The molecule has 0 aliphatic carbocycles. The number of rotatable bonds is 6. The molecule has 8 heteroatoms. The minimum atomic E-state index is -0.251. The van der Waals surface area contributed by atoms with Crippen LogP contribution in [0.25, 0.3) is 32.2 Å². The van der Waals surface area contributed by atoms with Crippen molar-refractivity contribution in [1.29, 1.82) is 0 Å². The third-order valence-corrected chi connectivity index (χ3v) is 7.22. The monoisotopic (exact) mass is 480 g/mol. The lowest BCUT2D eigenvalue weighted by Gasteiger charge is -2.13. The molecule has 6 rings (SSSR count). The molecule has 0 saturated carbocycles. The van der Waals surface area contributed by atoms with Crippen LogP contribution in [0.5, 0.6) is 0 Å². The molecule has 1 fully saturated rings. The first kappa shape index (κ1) is 21.6. The van der Waals surface area contributed by atoms with Crippen molar-refractivity contribution in [3.8, 4) is 21.8 Å². The van der Waals surface area contributed by atoms with Gasteiger partial charge in [-0.15, -0.1) is 0 Å². The van der Waals surface area contributed by atoms with Crippen molar-refractivity contribution in [1.82, 2.24) is 25.1 Å². The number of nitrogens with one attached hydrogen (secondary N) is 2. The average molecular weight is 481 g/mol. The van der Waals surface area contributed by atoms with Crippen molar-refractivity contribution in [3.05, 3.63) is 84.2 Å². The van der Waals surface area contributed by atoms with Gasteiger partial charge in [0.2, 0.25) is 0 Å². The predicted octanol–water partition coefficient (Wildman–Crippen LogP) is 5.60. The number of para-hydroxylation sites is 1. The number of H-pyrrole nitrogens is 1. The lowest BCUT2D eigenvalue weighted by atomic mass is 10.1. The molecule has 5 aromatic rings. The number of likely N-dealkylation sites (tertiary alicyclic amines) is 1. The van der Waals surface area contributed by atoms with Gasteiger partial charge in [0.1, 0.15) is 21.0 Å². The molecule has 1 aliphatic heterocycles. The van der Waals surface area contributed by atoms with E-state index in [4.69, 9.17) is 4.98 Å². The average Bonchev–Trinajstić information content (AvgIpc) is 3.66. The number of pyridine rings is 1. The van der Waals surface area contributed by atoms with Crippen LogP contribution in [0.15, 0.2) is 72.9 Å². The Morgan fingerprint density at radius 2 is 1.83 bits per heavy atom. The number of fused-ring (bicyclic) bond motifs is 1. The largest absolute Gasteiger partial charge is 0.320 e. The van der Waals surface area contributed by atoms with E-state index in [9.17, 15) is 4.79 Å². The normalized spacial score (nSPS) is 13.9. The maximum Gasteiger partial charge on any atom is 0.273 e. The summed E-state index contributed by atoms with van der Waals surface area (Å²) in [5.74, 6) is -0.251. The Morgan fingerprint density at radius 3 is 2.69 bits per heavy atom. The molecule has 174 valence electrons. The number of hydrogen-bond donors (Lipinski definition) is 2. The smallest absolute Gasteiger partial charge is 0.273 e. The zero-order valence-corrected chi connectivity index (χ0v) is 19.9. The van der Waals surface area contributed by atoms with Crippen molar-refractivity contribution >= 4 is 33.3 Å². The SMILES string of the molecule is O=C(Nc1ccccc1-c1nc2cc(CN3CCCC3)cnc2s1)c1cc(-c2ccccc2)n[nH]1. The Morgan fingerprint density at radius 1 is 1.03 bits per heavy atom. The Labute approximate surface area is 206 Å². The number of thiazole rings is 1. The van der Waals surface area contributed by atoms with Crippen LogP contribution in [0.3, 0.4) is 0 Å². The van der Waals surface area contributed by atoms with Crippen molar-refractivity contribution in [2.45, 2.75) is 19.4 Å². The molecule has 7 nitrogen and oxygen atoms in total. The Hall–Kier alpha value is -3.88. The minimum Gasteiger partial charge on any atom is -0.320 e. The summed E-state index contributed by atoms with van der Waals surface area (Å²) in [6, 6.07) is 21.4. The van der Waals surface area contributed by atoms with E-state index in [1.165, 1.54) is 29.7 Å². The van der Waals surface area contributed by atoms with Crippen molar-refractivity contribution < 1.29 is 4.79 Å². The van der Waals surface area contributed by atoms with Gasteiger partial charge in [0.05, 0.1) is 11.4 Å². The van der Waals surface area contributed by atoms with Crippen LogP contribution in [-0.4, -0.2) is 44.1 Å². The fourth-order valence-electron chi connectivity index (χ4n) is 4.43. The second-order valence-electron chi connectivity index (χ2n) is 8.70. The molecule has 0 spiro atoms. The second-order valence-corrected chi connectivity index (χ2v) is 9.68. The first-order chi connectivity index (χ1) is 17.2. The highest BCUT2D eigenvalue weighted by atomic mass is 32.1. The lowest BCUT2D eigenvalue weighted by Crippen LogP contribution is -2.18. The summed E-state index contributed by atoms with van der Waals surface area (Å²) >= 11 is 1.53. The molecule has 2 aromatic carbocycles. The maximum atomic E-state index is 13.0. The molecule has 0 radical (unpaired) electrons. The molecule has 1 amide bonds. The topological polar surface area (TPSA) is 86.8 Å². The van der Waals surface area contributed by atoms with Gasteiger partial charge < -0.3 is 5.32 Å². The van der Waals surface area contributed by atoms with E-state index in [0.29, 0.717) is 11.4 Å². The van der Waals surface area contributed by atoms with Crippen molar-refractivity contribution in [2.24, 2.45) is 0 Å². The fraction of sp³-hybridized carbons (Fsp3) is 0.185. The third-order valence-electron chi connectivity index (χ3n) is 6.21. The molecule has 0 unspecified atom stereocenters. The molecular weight excluding hydrogens is 456 g/mol. The lowest BCUT2D eigenvalue weighted by molar-refractivity contribution is 0.102. The van der Waals surface area contributed by atoms with Crippen LogP contribution >= 0.6 is 11.3 Å². The summed E-state index contributed by atoms with van der Waals surface area (Å²) in [6.45, 7) is 3.21. The van der Waals surface area contributed by atoms with Crippen LogP contribution in [0.4, 0.5) is 5.69 Å². The van der Waals surface area contributed by atoms with Gasteiger partial charge >= 0.3 is 0 Å². The summed E-state index contributed by atoms with van der Waals surface area (Å²) < 4.78 is 0. The van der Waals surface area contributed by atoms with E-state index >= 15 is 0 Å². The van der Waals surface area contributed by atoms with E-state index in [1.54, 1.807) is 6.07 Å². The van der Waals surface area contributed by atoms with Gasteiger partial charge in [-0.25, -0.2) is 9.97 Å². The number of carbonyl (C=O) groups excluding carboxylic acids is 1. The van der Waals surface area contributed by atoms with E-state index in [0.717, 1.165) is 51.8 Å². The van der Waals surface area contributed by atoms with Crippen LogP contribution < -0.4 is 5.32 Å². The number of carbonyl (C=O) groups is 1. The second kappa shape index (κ2) is 9.40. The molecule has 0 atom stereocenters. The van der Waals surface area contributed by atoms with Gasteiger partial charge in [-0.3, -0.25) is 14.8 Å². The molecule has 1 aliphatic rings. The standard InChI is InChI=1S/C27H24N6OS/c34-25(23-15-22(31-32-23)19-8-2-1-3-9-19)29-21-11-5-4-10-20(21)26-30-24-14-18(16-28-27(24)35-26)17-33-12-6-7-13-33/h1-5,8-11,14-16H,6-7,12-13,17H2,(H,29,34)(H,31,32).